The van der Waals surface area contributed by atoms with E-state index in [2.05, 4.69) is 35.2 Å². The summed E-state index contributed by atoms with van der Waals surface area (Å²) in [7, 11) is 0. The van der Waals surface area contributed by atoms with Crippen molar-refractivity contribution in [1.82, 2.24) is 4.90 Å². The van der Waals surface area contributed by atoms with Gasteiger partial charge in [0.25, 0.3) is 0 Å². The van der Waals surface area contributed by atoms with Gasteiger partial charge in [0.2, 0.25) is 0 Å². The summed E-state index contributed by atoms with van der Waals surface area (Å²) in [5, 5.41) is 0. The second-order valence-corrected chi connectivity index (χ2v) is 6.61. The first kappa shape index (κ1) is 13.2. The molecule has 1 aromatic rings. The van der Waals surface area contributed by atoms with Gasteiger partial charge in [0.15, 0.2) is 0 Å². The zero-order valence-electron chi connectivity index (χ0n) is 12.1. The van der Waals surface area contributed by atoms with Gasteiger partial charge >= 0.3 is 0 Å². The summed E-state index contributed by atoms with van der Waals surface area (Å²) in [6.45, 7) is 4.06. The molecule has 0 bridgehead atoms. The zero-order chi connectivity index (χ0) is 12.9. The van der Waals surface area contributed by atoms with Gasteiger partial charge in [-0.25, -0.2) is 0 Å². The third-order valence-electron chi connectivity index (χ3n) is 4.98. The summed E-state index contributed by atoms with van der Waals surface area (Å²) in [4.78, 5) is 2.74. The monoisotopic (exact) mass is 257 g/mol. The average Bonchev–Trinajstić information content (AvgIpc) is 2.88. The highest BCUT2D eigenvalue weighted by Gasteiger charge is 2.25. The summed E-state index contributed by atoms with van der Waals surface area (Å²) < 4.78 is 0. The van der Waals surface area contributed by atoms with Gasteiger partial charge in [0.05, 0.1) is 0 Å². The molecule has 2 fully saturated rings. The molecular formula is C18H27N. The molecule has 0 spiro atoms. The maximum Gasteiger partial charge on any atom is 0.00134 e. The number of rotatable bonds is 4. The Kier molecular flexibility index (Phi) is 4.55. The molecule has 3 rings (SSSR count). The Morgan fingerprint density at radius 1 is 0.895 bits per heavy atom. The lowest BCUT2D eigenvalue weighted by Gasteiger charge is -2.26. The molecule has 0 amide bonds. The summed E-state index contributed by atoms with van der Waals surface area (Å²) in [6, 6.07) is 11.0. The molecule has 1 aliphatic heterocycles. The third kappa shape index (κ3) is 3.82. The van der Waals surface area contributed by atoms with Crippen molar-refractivity contribution < 1.29 is 0 Å². The number of likely N-dealkylation sites (tertiary alicyclic amines) is 1. The summed E-state index contributed by atoms with van der Waals surface area (Å²) in [5.74, 6) is 1.90. The van der Waals surface area contributed by atoms with E-state index in [1.807, 2.05) is 0 Å². The molecule has 2 aliphatic rings. The highest BCUT2D eigenvalue weighted by molar-refractivity contribution is 5.15. The standard InChI is InChI=1S/C18H27N/c1-3-7-16(8-4-1)13-18-11-12-19(15-18)14-17-9-5-2-6-10-17/h1,3-4,7-8,17-18H,2,5-6,9-15H2. The molecule has 1 saturated carbocycles. The number of hydrogen-bond donors (Lipinski definition) is 0. The molecule has 1 atom stereocenters. The average molecular weight is 257 g/mol. The molecule has 1 aromatic carbocycles. The molecule has 0 aromatic heterocycles. The van der Waals surface area contributed by atoms with E-state index >= 15 is 0 Å². The molecular weight excluding hydrogens is 230 g/mol. The highest BCUT2D eigenvalue weighted by atomic mass is 15.1. The Labute approximate surface area is 118 Å². The topological polar surface area (TPSA) is 3.24 Å². The Hall–Kier alpha value is -0.820. The van der Waals surface area contributed by atoms with Crippen LogP contribution < -0.4 is 0 Å². The molecule has 1 aliphatic carbocycles. The first-order valence-electron chi connectivity index (χ1n) is 8.16. The van der Waals surface area contributed by atoms with Gasteiger partial charge in [-0.2, -0.15) is 0 Å². The van der Waals surface area contributed by atoms with E-state index in [-0.39, 0.29) is 0 Å². The van der Waals surface area contributed by atoms with Crippen LogP contribution >= 0.6 is 0 Å². The van der Waals surface area contributed by atoms with Gasteiger partial charge < -0.3 is 4.90 Å². The van der Waals surface area contributed by atoms with Crippen LogP contribution in [0.15, 0.2) is 30.3 Å². The minimum absolute atomic E-state index is 0.894. The van der Waals surface area contributed by atoms with Crippen molar-refractivity contribution in [2.45, 2.75) is 44.9 Å². The fraction of sp³-hybridized carbons (Fsp3) is 0.667. The number of hydrogen-bond acceptors (Lipinski definition) is 1. The predicted octanol–water partition coefficient (Wildman–Crippen LogP) is 4.13. The van der Waals surface area contributed by atoms with E-state index in [4.69, 9.17) is 0 Å². The van der Waals surface area contributed by atoms with Gasteiger partial charge in [0, 0.05) is 13.1 Å². The van der Waals surface area contributed by atoms with Crippen LogP contribution in [0.4, 0.5) is 0 Å². The van der Waals surface area contributed by atoms with Gasteiger partial charge in [0.1, 0.15) is 0 Å². The minimum atomic E-state index is 0.894. The van der Waals surface area contributed by atoms with E-state index in [1.54, 1.807) is 0 Å². The Morgan fingerprint density at radius 3 is 2.47 bits per heavy atom. The molecule has 1 heteroatoms. The normalized spacial score (nSPS) is 25.8. The van der Waals surface area contributed by atoms with E-state index in [1.165, 1.54) is 70.1 Å². The Morgan fingerprint density at radius 2 is 1.68 bits per heavy atom. The van der Waals surface area contributed by atoms with Crippen molar-refractivity contribution in [2.24, 2.45) is 11.8 Å². The quantitative estimate of drug-likeness (QED) is 0.784. The molecule has 0 radical (unpaired) electrons. The summed E-state index contributed by atoms with van der Waals surface area (Å²) in [6.07, 6.45) is 10.1. The summed E-state index contributed by atoms with van der Waals surface area (Å²) in [5.41, 5.74) is 1.52. The van der Waals surface area contributed by atoms with Gasteiger partial charge in [-0.1, -0.05) is 49.6 Å². The van der Waals surface area contributed by atoms with Crippen LogP contribution in [-0.2, 0) is 6.42 Å². The van der Waals surface area contributed by atoms with Crippen LogP contribution in [0.25, 0.3) is 0 Å². The first-order chi connectivity index (χ1) is 9.40. The van der Waals surface area contributed by atoms with Crippen molar-refractivity contribution in [3.63, 3.8) is 0 Å². The van der Waals surface area contributed by atoms with Crippen molar-refractivity contribution in [3.05, 3.63) is 35.9 Å². The third-order valence-corrected chi connectivity index (χ3v) is 4.98. The SMILES string of the molecule is c1ccc(CC2CCN(CC3CCCCC3)C2)cc1. The van der Waals surface area contributed by atoms with E-state index in [0.717, 1.165) is 11.8 Å². The molecule has 1 heterocycles. The van der Waals surface area contributed by atoms with E-state index in [0.29, 0.717) is 0 Å². The van der Waals surface area contributed by atoms with Crippen LogP contribution in [0.5, 0.6) is 0 Å². The van der Waals surface area contributed by atoms with E-state index < -0.39 is 0 Å². The van der Waals surface area contributed by atoms with Gasteiger partial charge in [-0.05, 0) is 49.6 Å². The molecule has 104 valence electrons. The largest absolute Gasteiger partial charge is 0.303 e. The first-order valence-corrected chi connectivity index (χ1v) is 8.16. The highest BCUT2D eigenvalue weighted by Crippen LogP contribution is 2.27. The lowest BCUT2D eigenvalue weighted by atomic mass is 9.89. The Bertz CT molecular complexity index is 367. The smallest absolute Gasteiger partial charge is 0.00134 e. The lowest BCUT2D eigenvalue weighted by Crippen LogP contribution is -2.28. The molecule has 1 saturated heterocycles. The van der Waals surface area contributed by atoms with Crippen molar-refractivity contribution in [2.75, 3.05) is 19.6 Å². The van der Waals surface area contributed by atoms with Crippen molar-refractivity contribution in [1.29, 1.82) is 0 Å². The van der Waals surface area contributed by atoms with E-state index in [9.17, 15) is 0 Å². The zero-order valence-corrected chi connectivity index (χ0v) is 12.1. The molecule has 19 heavy (non-hydrogen) atoms. The van der Waals surface area contributed by atoms with Crippen LogP contribution in [0.2, 0.25) is 0 Å². The van der Waals surface area contributed by atoms with Crippen LogP contribution in [-0.4, -0.2) is 24.5 Å². The Balaban J connectivity index is 1.44. The second-order valence-electron chi connectivity index (χ2n) is 6.61. The second kappa shape index (κ2) is 6.56. The fourth-order valence-electron chi connectivity index (χ4n) is 3.93. The molecule has 0 N–H and O–H groups in total. The van der Waals surface area contributed by atoms with Crippen molar-refractivity contribution >= 4 is 0 Å². The lowest BCUT2D eigenvalue weighted by molar-refractivity contribution is 0.228. The van der Waals surface area contributed by atoms with Gasteiger partial charge in [-0.15, -0.1) is 0 Å². The maximum absolute atomic E-state index is 2.74. The van der Waals surface area contributed by atoms with Crippen LogP contribution in [0, 0.1) is 11.8 Å². The van der Waals surface area contributed by atoms with Crippen molar-refractivity contribution in [3.8, 4) is 0 Å². The minimum Gasteiger partial charge on any atom is -0.303 e. The number of benzene rings is 1. The van der Waals surface area contributed by atoms with Crippen LogP contribution in [0.3, 0.4) is 0 Å². The predicted molar refractivity (Wildman–Crippen MR) is 81.3 cm³/mol. The maximum atomic E-state index is 2.74. The van der Waals surface area contributed by atoms with Gasteiger partial charge in [-0.3, -0.25) is 0 Å². The molecule has 1 nitrogen and oxygen atoms in total. The number of nitrogens with zero attached hydrogens (tertiary/aromatic N) is 1. The molecule has 1 unspecified atom stereocenters. The fourth-order valence-corrected chi connectivity index (χ4v) is 3.93. The summed E-state index contributed by atoms with van der Waals surface area (Å²) >= 11 is 0. The van der Waals surface area contributed by atoms with Crippen LogP contribution in [0.1, 0.15) is 44.1 Å².